The van der Waals surface area contributed by atoms with Crippen LogP contribution in [0, 0.1) is 0 Å². The molecule has 1 saturated heterocycles. The molecule has 0 radical (unpaired) electrons. The van der Waals surface area contributed by atoms with Crippen molar-refractivity contribution < 1.29 is 17.9 Å². The summed E-state index contributed by atoms with van der Waals surface area (Å²) in [4.78, 5) is 14.7. The van der Waals surface area contributed by atoms with E-state index in [1.807, 2.05) is 16.8 Å². The summed E-state index contributed by atoms with van der Waals surface area (Å²) >= 11 is 1.53. The number of carbonyl (C=O) groups is 1. The van der Waals surface area contributed by atoms with Crippen molar-refractivity contribution in [3.63, 3.8) is 0 Å². The van der Waals surface area contributed by atoms with Gasteiger partial charge in [-0.05, 0) is 77.7 Å². The van der Waals surface area contributed by atoms with Gasteiger partial charge in [-0.25, -0.2) is 8.42 Å². The van der Waals surface area contributed by atoms with Crippen LogP contribution in [0.25, 0.3) is 0 Å². The monoisotopic (exact) mass is 471 g/mol. The average Bonchev–Trinajstić information content (AvgIpc) is 3.48. The summed E-state index contributed by atoms with van der Waals surface area (Å²) in [6.45, 7) is 1.60. The van der Waals surface area contributed by atoms with Gasteiger partial charge in [0.15, 0.2) is 0 Å². The quantitative estimate of drug-likeness (QED) is 0.510. The van der Waals surface area contributed by atoms with E-state index in [4.69, 9.17) is 4.74 Å². The number of sulfonamides is 1. The molecule has 32 heavy (non-hydrogen) atoms. The molecule has 2 heterocycles. The van der Waals surface area contributed by atoms with Crippen LogP contribution in [0.4, 0.5) is 17.1 Å². The van der Waals surface area contributed by atoms with Crippen molar-refractivity contribution in [3.05, 3.63) is 64.9 Å². The molecule has 9 heteroatoms. The molecular formula is C23H25N3O4S2. The zero-order chi connectivity index (χ0) is 22.6. The lowest BCUT2D eigenvalue weighted by Crippen LogP contribution is -2.23. The Bertz CT molecular complexity index is 1170. The second kappa shape index (κ2) is 9.62. The van der Waals surface area contributed by atoms with E-state index in [-0.39, 0.29) is 17.2 Å². The molecule has 1 fully saturated rings. The molecule has 0 aliphatic carbocycles. The van der Waals surface area contributed by atoms with Gasteiger partial charge in [-0.1, -0.05) is 0 Å². The number of hydrogen-bond donors (Lipinski definition) is 2. The van der Waals surface area contributed by atoms with Gasteiger partial charge >= 0.3 is 0 Å². The van der Waals surface area contributed by atoms with Crippen molar-refractivity contribution in [3.8, 4) is 5.75 Å². The fourth-order valence-corrected chi connectivity index (χ4v) is 5.66. The smallest absolute Gasteiger partial charge is 0.264 e. The Balaban J connectivity index is 1.61. The summed E-state index contributed by atoms with van der Waals surface area (Å²) in [6.07, 6.45) is 2.28. The highest BCUT2D eigenvalue weighted by molar-refractivity contribution is 7.92. The van der Waals surface area contributed by atoms with Crippen molar-refractivity contribution in [1.29, 1.82) is 0 Å². The van der Waals surface area contributed by atoms with Gasteiger partial charge in [0.2, 0.25) is 5.91 Å². The first kappa shape index (κ1) is 22.2. The van der Waals surface area contributed by atoms with E-state index in [0.29, 0.717) is 22.8 Å². The van der Waals surface area contributed by atoms with Gasteiger partial charge in [-0.2, -0.15) is 11.3 Å². The van der Waals surface area contributed by atoms with Crippen molar-refractivity contribution in [2.24, 2.45) is 0 Å². The maximum absolute atomic E-state index is 13.3. The van der Waals surface area contributed by atoms with Crippen LogP contribution in [0.1, 0.15) is 18.4 Å². The summed E-state index contributed by atoms with van der Waals surface area (Å²) in [5.41, 5.74) is 2.45. The topological polar surface area (TPSA) is 87.7 Å². The molecule has 1 aromatic heterocycles. The highest BCUT2D eigenvalue weighted by Gasteiger charge is 2.25. The van der Waals surface area contributed by atoms with Crippen LogP contribution >= 0.6 is 11.3 Å². The zero-order valence-corrected chi connectivity index (χ0v) is 19.3. The molecule has 2 N–H and O–H groups in total. The average molecular weight is 472 g/mol. The number of hydrogen-bond acceptors (Lipinski definition) is 6. The van der Waals surface area contributed by atoms with E-state index in [1.54, 1.807) is 43.5 Å². The lowest BCUT2D eigenvalue weighted by atomic mass is 10.2. The van der Waals surface area contributed by atoms with Gasteiger partial charge in [0.1, 0.15) is 10.6 Å². The maximum Gasteiger partial charge on any atom is 0.264 e. The van der Waals surface area contributed by atoms with Crippen LogP contribution in [0.2, 0.25) is 0 Å². The number of amides is 1. The van der Waals surface area contributed by atoms with Crippen LogP contribution < -0.4 is 19.7 Å². The fraction of sp³-hybridized carbons (Fsp3) is 0.261. The Morgan fingerprint density at radius 1 is 1.06 bits per heavy atom. The van der Waals surface area contributed by atoms with Gasteiger partial charge in [0.25, 0.3) is 10.0 Å². The van der Waals surface area contributed by atoms with Gasteiger partial charge in [-0.15, -0.1) is 0 Å². The predicted octanol–water partition coefficient (Wildman–Crippen LogP) is 4.34. The number of rotatable bonds is 8. The van der Waals surface area contributed by atoms with Crippen molar-refractivity contribution in [2.75, 3.05) is 35.1 Å². The molecule has 2 aromatic carbocycles. The van der Waals surface area contributed by atoms with Crippen LogP contribution in [-0.4, -0.2) is 34.5 Å². The lowest BCUT2D eigenvalue weighted by Gasteiger charge is -2.22. The number of thiophene rings is 1. The largest absolute Gasteiger partial charge is 0.497 e. The third-order valence-electron chi connectivity index (χ3n) is 5.27. The van der Waals surface area contributed by atoms with E-state index >= 15 is 0 Å². The molecule has 0 bridgehead atoms. The van der Waals surface area contributed by atoms with Gasteiger partial charge < -0.3 is 15.0 Å². The minimum atomic E-state index is -3.89. The SMILES string of the molecule is COc1ccc(NS(=O)(=O)c2cc(NC(=O)Cc3ccsc3)ccc2N2CCCC2)cc1. The van der Waals surface area contributed by atoms with E-state index in [2.05, 4.69) is 14.9 Å². The number of nitrogens with zero attached hydrogens (tertiary/aromatic N) is 1. The van der Waals surface area contributed by atoms with Gasteiger partial charge in [-0.3, -0.25) is 9.52 Å². The maximum atomic E-state index is 13.3. The number of methoxy groups -OCH3 is 1. The molecule has 4 rings (SSSR count). The van der Waals surface area contributed by atoms with Crippen molar-refractivity contribution in [1.82, 2.24) is 0 Å². The minimum Gasteiger partial charge on any atom is -0.497 e. The molecule has 0 unspecified atom stereocenters. The predicted molar refractivity (Wildman–Crippen MR) is 128 cm³/mol. The molecule has 1 aliphatic rings. The molecule has 1 amide bonds. The Labute approximate surface area is 192 Å². The van der Waals surface area contributed by atoms with E-state index in [9.17, 15) is 13.2 Å². The number of carbonyl (C=O) groups excluding carboxylic acids is 1. The molecule has 1 aliphatic heterocycles. The Kier molecular flexibility index (Phi) is 6.66. The standard InChI is InChI=1S/C23H25N3O4S2/c1-30-20-7-4-18(5-8-20)25-32(28,29)22-15-19(6-9-21(22)26-11-2-3-12-26)24-23(27)14-17-10-13-31-16-17/h4-10,13,15-16,25H,2-3,11-12,14H2,1H3,(H,24,27). The number of anilines is 3. The van der Waals surface area contributed by atoms with Crippen LogP contribution in [0.5, 0.6) is 5.75 Å². The summed E-state index contributed by atoms with van der Waals surface area (Å²) in [5, 5.41) is 6.67. The molecule has 168 valence electrons. The second-order valence-corrected chi connectivity index (χ2v) is 10.00. The summed E-state index contributed by atoms with van der Waals surface area (Å²) < 4.78 is 34.5. The highest BCUT2D eigenvalue weighted by atomic mass is 32.2. The van der Waals surface area contributed by atoms with E-state index in [1.165, 1.54) is 17.4 Å². The molecule has 7 nitrogen and oxygen atoms in total. The van der Waals surface area contributed by atoms with Crippen LogP contribution in [-0.2, 0) is 21.2 Å². The second-order valence-electron chi connectivity index (χ2n) is 7.57. The Morgan fingerprint density at radius 3 is 2.44 bits per heavy atom. The Morgan fingerprint density at radius 2 is 1.78 bits per heavy atom. The first-order valence-corrected chi connectivity index (χ1v) is 12.7. The van der Waals surface area contributed by atoms with Crippen molar-refractivity contribution in [2.45, 2.75) is 24.2 Å². The minimum absolute atomic E-state index is 0.142. The first-order valence-electron chi connectivity index (χ1n) is 10.3. The zero-order valence-electron chi connectivity index (χ0n) is 17.7. The molecule has 0 saturated carbocycles. The van der Waals surface area contributed by atoms with Crippen LogP contribution in [0.15, 0.2) is 64.2 Å². The first-order chi connectivity index (χ1) is 15.4. The van der Waals surface area contributed by atoms with Gasteiger partial charge in [0.05, 0.1) is 19.2 Å². The lowest BCUT2D eigenvalue weighted by molar-refractivity contribution is -0.115. The third-order valence-corrected chi connectivity index (χ3v) is 7.41. The van der Waals surface area contributed by atoms with Crippen LogP contribution in [0.3, 0.4) is 0 Å². The number of nitrogens with one attached hydrogen (secondary N) is 2. The van der Waals surface area contributed by atoms with Gasteiger partial charge in [0, 0.05) is 24.5 Å². The Hall–Kier alpha value is -3.04. The van der Waals surface area contributed by atoms with Crippen molar-refractivity contribution >= 4 is 44.3 Å². The third kappa shape index (κ3) is 5.23. The molecular weight excluding hydrogens is 446 g/mol. The number of benzene rings is 2. The summed E-state index contributed by atoms with van der Waals surface area (Å²) in [7, 11) is -2.34. The van der Waals surface area contributed by atoms with E-state index in [0.717, 1.165) is 31.5 Å². The molecule has 0 atom stereocenters. The summed E-state index contributed by atoms with van der Waals surface area (Å²) in [6, 6.07) is 13.7. The highest BCUT2D eigenvalue weighted by Crippen LogP contribution is 2.32. The number of ether oxygens (including phenoxy) is 1. The molecule has 3 aromatic rings. The fourth-order valence-electron chi connectivity index (χ4n) is 3.68. The molecule has 0 spiro atoms. The van der Waals surface area contributed by atoms with E-state index < -0.39 is 10.0 Å². The summed E-state index contributed by atoms with van der Waals surface area (Å²) in [5.74, 6) is 0.449. The normalized spacial score (nSPS) is 13.7.